The average molecular weight is 337 g/mol. The van der Waals surface area contributed by atoms with Crippen LogP contribution in [0.15, 0.2) is 18.2 Å². The summed E-state index contributed by atoms with van der Waals surface area (Å²) in [6.45, 7) is 2.38. The number of hydrogen-bond donors (Lipinski definition) is 2. The van der Waals surface area contributed by atoms with Gasteiger partial charge in [-0.15, -0.1) is 0 Å². The predicted octanol–water partition coefficient (Wildman–Crippen LogP) is 3.29. The van der Waals surface area contributed by atoms with E-state index in [0.29, 0.717) is 30.5 Å². The number of nitrogens with one attached hydrogen (secondary N) is 1. The molecule has 2 aromatic rings. The molecular formula is C16H14ClFN2O3. The Morgan fingerprint density at radius 1 is 1.39 bits per heavy atom. The topological polar surface area (TPSA) is 73.4 Å². The van der Waals surface area contributed by atoms with Crippen molar-refractivity contribution >= 4 is 40.0 Å². The third-order valence-corrected chi connectivity index (χ3v) is 4.29. The smallest absolute Gasteiger partial charge is 0.352 e. The fraction of sp³-hybridized carbons (Fsp3) is 0.250. The molecule has 0 unspecified atom stereocenters. The molecule has 2 heterocycles. The minimum atomic E-state index is -1.18. The normalized spacial score (nSPS) is 14.9. The van der Waals surface area contributed by atoms with Gasteiger partial charge in [0.2, 0.25) is 5.91 Å². The average Bonchev–Trinajstić information content (AvgIpc) is 2.97. The molecular weight excluding hydrogens is 323 g/mol. The predicted molar refractivity (Wildman–Crippen MR) is 85.1 cm³/mol. The number of fused-ring (bicyclic) bond motifs is 1. The summed E-state index contributed by atoms with van der Waals surface area (Å²) in [5.41, 5.74) is 0.887. The van der Waals surface area contributed by atoms with E-state index in [2.05, 4.69) is 4.98 Å². The highest BCUT2D eigenvalue weighted by Crippen LogP contribution is 2.33. The fourth-order valence-corrected chi connectivity index (χ4v) is 3.03. The van der Waals surface area contributed by atoms with E-state index in [4.69, 9.17) is 16.7 Å². The first kappa shape index (κ1) is 15.6. The molecule has 23 heavy (non-hydrogen) atoms. The van der Waals surface area contributed by atoms with Crippen molar-refractivity contribution in [2.24, 2.45) is 0 Å². The monoisotopic (exact) mass is 336 g/mol. The highest BCUT2D eigenvalue weighted by atomic mass is 35.5. The van der Waals surface area contributed by atoms with E-state index in [9.17, 15) is 14.0 Å². The zero-order chi connectivity index (χ0) is 16.7. The summed E-state index contributed by atoms with van der Waals surface area (Å²) < 4.78 is 14.8. The molecule has 1 amide bonds. The van der Waals surface area contributed by atoms with Crippen LogP contribution in [0.1, 0.15) is 29.4 Å². The van der Waals surface area contributed by atoms with Gasteiger partial charge in [-0.05, 0) is 24.1 Å². The number of rotatable bonds is 2. The van der Waals surface area contributed by atoms with Gasteiger partial charge >= 0.3 is 5.97 Å². The molecule has 5 nitrogen and oxygen atoms in total. The van der Waals surface area contributed by atoms with Gasteiger partial charge in [-0.3, -0.25) is 4.79 Å². The molecule has 0 saturated heterocycles. The van der Waals surface area contributed by atoms with E-state index in [1.54, 1.807) is 4.90 Å². The second-order valence-corrected chi connectivity index (χ2v) is 5.86. The van der Waals surface area contributed by atoms with Gasteiger partial charge in [0.25, 0.3) is 0 Å². The molecule has 0 bridgehead atoms. The van der Waals surface area contributed by atoms with Crippen molar-refractivity contribution in [2.45, 2.75) is 13.3 Å². The minimum Gasteiger partial charge on any atom is -0.477 e. The van der Waals surface area contributed by atoms with Crippen LogP contribution in [-0.4, -0.2) is 40.0 Å². The lowest BCUT2D eigenvalue weighted by Crippen LogP contribution is -2.33. The van der Waals surface area contributed by atoms with Crippen LogP contribution >= 0.6 is 11.6 Å². The third-order valence-electron chi connectivity index (χ3n) is 3.97. The van der Waals surface area contributed by atoms with Gasteiger partial charge in [-0.25, -0.2) is 9.18 Å². The number of aromatic amines is 1. The Morgan fingerprint density at radius 3 is 2.78 bits per heavy atom. The summed E-state index contributed by atoms with van der Waals surface area (Å²) in [7, 11) is 0. The van der Waals surface area contributed by atoms with Crippen molar-refractivity contribution in [3.63, 3.8) is 0 Å². The lowest BCUT2D eigenvalue weighted by molar-refractivity contribution is -0.128. The number of H-pyrrole nitrogens is 1. The van der Waals surface area contributed by atoms with Gasteiger partial charge in [-0.1, -0.05) is 17.7 Å². The van der Waals surface area contributed by atoms with E-state index < -0.39 is 11.8 Å². The Morgan fingerprint density at radius 2 is 2.13 bits per heavy atom. The number of carboxylic acids is 1. The van der Waals surface area contributed by atoms with Crippen molar-refractivity contribution in [3.8, 4) is 0 Å². The van der Waals surface area contributed by atoms with E-state index in [1.807, 2.05) is 6.08 Å². The standard InChI is InChI=1S/C16H14ClFN2O3/c1-8(21)20-4-2-3-9(7-20)10-5-12(17)11-6-13(16(22)23)19-15(11)14(10)18/h3,5-6,19H,2,4,7H2,1H3,(H,22,23). The molecule has 0 saturated carbocycles. The second-order valence-electron chi connectivity index (χ2n) is 5.46. The van der Waals surface area contributed by atoms with E-state index >= 15 is 0 Å². The minimum absolute atomic E-state index is 0.0609. The quantitative estimate of drug-likeness (QED) is 0.883. The number of aromatic nitrogens is 1. The number of halogens is 2. The van der Waals surface area contributed by atoms with Crippen LogP contribution < -0.4 is 0 Å². The number of benzene rings is 1. The van der Waals surface area contributed by atoms with Crippen LogP contribution in [0.2, 0.25) is 5.02 Å². The summed E-state index contributed by atoms with van der Waals surface area (Å²) in [5, 5.41) is 9.62. The number of nitrogens with zero attached hydrogens (tertiary/aromatic N) is 1. The molecule has 7 heteroatoms. The Balaban J connectivity index is 2.12. The molecule has 3 rings (SSSR count). The summed E-state index contributed by atoms with van der Waals surface area (Å²) in [6, 6.07) is 2.79. The van der Waals surface area contributed by atoms with Crippen LogP contribution in [-0.2, 0) is 4.79 Å². The molecule has 1 aromatic heterocycles. The molecule has 0 spiro atoms. The highest BCUT2D eigenvalue weighted by Gasteiger charge is 2.22. The van der Waals surface area contributed by atoms with Crippen LogP contribution in [0.25, 0.3) is 16.5 Å². The third kappa shape index (κ3) is 2.70. The maximum absolute atomic E-state index is 14.8. The Hall–Kier alpha value is -2.34. The maximum atomic E-state index is 14.8. The van der Waals surface area contributed by atoms with Crippen LogP contribution in [0, 0.1) is 5.82 Å². The summed E-state index contributed by atoms with van der Waals surface area (Å²) in [4.78, 5) is 26.8. The second kappa shape index (κ2) is 5.70. The van der Waals surface area contributed by atoms with Gasteiger partial charge in [0, 0.05) is 31.0 Å². The van der Waals surface area contributed by atoms with Crippen molar-refractivity contribution in [1.29, 1.82) is 0 Å². The van der Waals surface area contributed by atoms with E-state index in [1.165, 1.54) is 19.1 Å². The molecule has 1 aliphatic rings. The lowest BCUT2D eigenvalue weighted by atomic mass is 9.99. The van der Waals surface area contributed by atoms with Crippen LogP contribution in [0.3, 0.4) is 0 Å². The number of amides is 1. The van der Waals surface area contributed by atoms with Crippen molar-refractivity contribution in [2.75, 3.05) is 13.1 Å². The van der Waals surface area contributed by atoms with Crippen molar-refractivity contribution in [3.05, 3.63) is 40.3 Å². The summed E-state index contributed by atoms with van der Waals surface area (Å²) >= 11 is 6.18. The molecule has 1 aliphatic heterocycles. The lowest BCUT2D eigenvalue weighted by Gasteiger charge is -2.26. The number of carboxylic acid groups (broad SMARTS) is 1. The first-order chi connectivity index (χ1) is 10.9. The van der Waals surface area contributed by atoms with Crippen LogP contribution in [0.4, 0.5) is 4.39 Å². The summed E-state index contributed by atoms with van der Waals surface area (Å²) in [5.74, 6) is -1.82. The Kier molecular flexibility index (Phi) is 3.85. The van der Waals surface area contributed by atoms with Crippen molar-refractivity contribution < 1.29 is 19.1 Å². The Labute approximate surface area is 136 Å². The molecule has 2 N–H and O–H groups in total. The molecule has 0 atom stereocenters. The number of hydrogen-bond acceptors (Lipinski definition) is 2. The SMILES string of the molecule is CC(=O)N1CCC=C(c2cc(Cl)c3cc(C(=O)O)[nH]c3c2F)C1. The molecule has 0 fully saturated rings. The first-order valence-electron chi connectivity index (χ1n) is 7.07. The molecule has 0 aliphatic carbocycles. The molecule has 0 radical (unpaired) electrons. The van der Waals surface area contributed by atoms with Gasteiger partial charge < -0.3 is 15.0 Å². The van der Waals surface area contributed by atoms with Crippen molar-refractivity contribution in [1.82, 2.24) is 9.88 Å². The number of aromatic carboxylic acids is 1. The maximum Gasteiger partial charge on any atom is 0.352 e. The zero-order valence-corrected chi connectivity index (χ0v) is 13.1. The van der Waals surface area contributed by atoms with Gasteiger partial charge in [-0.2, -0.15) is 0 Å². The highest BCUT2D eigenvalue weighted by molar-refractivity contribution is 6.35. The van der Waals surface area contributed by atoms with Gasteiger partial charge in [0.1, 0.15) is 5.69 Å². The van der Waals surface area contributed by atoms with Crippen LogP contribution in [0.5, 0.6) is 0 Å². The van der Waals surface area contributed by atoms with Gasteiger partial charge in [0.05, 0.1) is 10.5 Å². The first-order valence-corrected chi connectivity index (χ1v) is 7.45. The Bertz CT molecular complexity index is 857. The zero-order valence-electron chi connectivity index (χ0n) is 12.3. The van der Waals surface area contributed by atoms with Gasteiger partial charge in [0.15, 0.2) is 5.82 Å². The van der Waals surface area contributed by atoms with E-state index in [0.717, 1.165) is 0 Å². The fourth-order valence-electron chi connectivity index (χ4n) is 2.78. The number of carbonyl (C=O) groups excluding carboxylic acids is 1. The number of carbonyl (C=O) groups is 2. The molecule has 1 aromatic carbocycles. The van der Waals surface area contributed by atoms with E-state index in [-0.39, 0.29) is 27.7 Å². The summed E-state index contributed by atoms with van der Waals surface area (Å²) in [6.07, 6.45) is 2.51. The molecule has 120 valence electrons. The largest absolute Gasteiger partial charge is 0.477 e.